The average Bonchev–Trinajstić information content (AvgIpc) is 3.10. The molecule has 1 saturated heterocycles. The second kappa shape index (κ2) is 10.2. The molecule has 0 bridgehead atoms. The minimum atomic E-state index is -0.766. The maximum atomic E-state index is 12.8. The van der Waals surface area contributed by atoms with Gasteiger partial charge in [0.2, 0.25) is 5.75 Å². The molecule has 0 unspecified atom stereocenters. The van der Waals surface area contributed by atoms with Crippen LogP contribution in [0.5, 0.6) is 11.5 Å². The van der Waals surface area contributed by atoms with Crippen molar-refractivity contribution in [3.63, 3.8) is 0 Å². The molecule has 1 aliphatic rings. The number of amides is 2. The third kappa shape index (κ3) is 5.53. The molecule has 11 heteroatoms. The number of nitrogens with zero attached hydrogens (tertiary/aromatic N) is 3. The zero-order chi connectivity index (χ0) is 24.9. The third-order valence-electron chi connectivity index (χ3n) is 5.07. The van der Waals surface area contributed by atoms with Gasteiger partial charge in [-0.05, 0) is 53.6 Å². The van der Waals surface area contributed by atoms with E-state index in [9.17, 15) is 29.8 Å². The van der Waals surface area contributed by atoms with Gasteiger partial charge in [0.05, 0.1) is 20.8 Å². The smallest absolute Gasteiger partial charge is 0.318 e. The van der Waals surface area contributed by atoms with Crippen molar-refractivity contribution >= 4 is 40.4 Å². The van der Waals surface area contributed by atoms with E-state index >= 15 is 0 Å². The molecular formula is C24H17N3O7S. The number of rotatable bonds is 8. The number of non-ortho nitro benzene ring substituents is 1. The fourth-order valence-electron chi connectivity index (χ4n) is 3.37. The van der Waals surface area contributed by atoms with Gasteiger partial charge in [0.15, 0.2) is 0 Å². The maximum absolute atomic E-state index is 12.8. The molecule has 0 aromatic heterocycles. The molecule has 2 amide bonds. The molecule has 1 heterocycles. The van der Waals surface area contributed by atoms with Crippen LogP contribution in [-0.4, -0.2) is 32.4 Å². The first-order valence-electron chi connectivity index (χ1n) is 10.3. The van der Waals surface area contributed by atoms with E-state index in [1.54, 1.807) is 30.3 Å². The number of hydrogen-bond donors (Lipinski definition) is 0. The van der Waals surface area contributed by atoms with E-state index in [4.69, 9.17) is 4.74 Å². The van der Waals surface area contributed by atoms with E-state index < -0.39 is 27.1 Å². The Morgan fingerprint density at radius 1 is 0.914 bits per heavy atom. The van der Waals surface area contributed by atoms with E-state index in [2.05, 4.69) is 0 Å². The highest BCUT2D eigenvalue weighted by molar-refractivity contribution is 8.18. The van der Waals surface area contributed by atoms with Crippen LogP contribution in [0.4, 0.5) is 16.2 Å². The molecule has 0 atom stereocenters. The molecule has 35 heavy (non-hydrogen) atoms. The fraction of sp³-hybridized carbons (Fsp3) is 0.0833. The molecule has 176 valence electrons. The lowest BCUT2D eigenvalue weighted by molar-refractivity contribution is -0.394. The van der Waals surface area contributed by atoms with Crippen molar-refractivity contribution in [1.29, 1.82) is 0 Å². The zero-order valence-electron chi connectivity index (χ0n) is 18.0. The van der Waals surface area contributed by atoms with Gasteiger partial charge in [0, 0.05) is 12.6 Å². The van der Waals surface area contributed by atoms with Crippen LogP contribution in [0.3, 0.4) is 0 Å². The number of imide groups is 1. The number of thioether (sulfide) groups is 1. The molecule has 1 fully saturated rings. The maximum Gasteiger partial charge on any atom is 0.318 e. The summed E-state index contributed by atoms with van der Waals surface area (Å²) in [5, 5.41) is 21.9. The molecule has 10 nitrogen and oxygen atoms in total. The number of hydrogen-bond acceptors (Lipinski definition) is 8. The van der Waals surface area contributed by atoms with Crippen LogP contribution < -0.4 is 4.74 Å². The minimum absolute atomic E-state index is 0.168. The number of ether oxygens (including phenoxy) is 1. The van der Waals surface area contributed by atoms with Gasteiger partial charge in [-0.15, -0.1) is 0 Å². The summed E-state index contributed by atoms with van der Waals surface area (Å²) in [6.45, 7) is 0.263. The Hall–Kier alpha value is -4.51. The van der Waals surface area contributed by atoms with Crippen LogP contribution in [0, 0.1) is 20.2 Å². The third-order valence-corrected chi connectivity index (χ3v) is 5.98. The van der Waals surface area contributed by atoms with Crippen LogP contribution in [0.2, 0.25) is 0 Å². The summed E-state index contributed by atoms with van der Waals surface area (Å²) in [7, 11) is 0. The highest BCUT2D eigenvalue weighted by Crippen LogP contribution is 2.36. The normalized spacial score (nSPS) is 14.4. The van der Waals surface area contributed by atoms with Crippen LogP contribution in [0.25, 0.3) is 6.08 Å². The van der Waals surface area contributed by atoms with Crippen molar-refractivity contribution in [3.05, 3.63) is 109 Å². The minimum Gasteiger partial charge on any atom is -0.450 e. The summed E-state index contributed by atoms with van der Waals surface area (Å²) in [5.41, 5.74) is 0.575. The first-order valence-corrected chi connectivity index (χ1v) is 11.1. The molecule has 0 radical (unpaired) electrons. The van der Waals surface area contributed by atoms with Crippen molar-refractivity contribution < 1.29 is 24.2 Å². The predicted octanol–water partition coefficient (Wildman–Crippen LogP) is 5.57. The lowest BCUT2D eigenvalue weighted by atomic mass is 10.1. The highest BCUT2D eigenvalue weighted by atomic mass is 32.2. The van der Waals surface area contributed by atoms with Gasteiger partial charge in [0.25, 0.3) is 16.8 Å². The van der Waals surface area contributed by atoms with Crippen LogP contribution in [0.15, 0.2) is 77.7 Å². The lowest BCUT2D eigenvalue weighted by Gasteiger charge is -2.12. The molecule has 0 aliphatic carbocycles. The molecule has 0 spiro atoms. The van der Waals surface area contributed by atoms with Gasteiger partial charge in [-0.3, -0.25) is 34.7 Å². The van der Waals surface area contributed by atoms with Gasteiger partial charge in [-0.1, -0.05) is 42.5 Å². The Bertz CT molecular complexity index is 1360. The Morgan fingerprint density at radius 3 is 2.40 bits per heavy atom. The Morgan fingerprint density at radius 2 is 1.69 bits per heavy atom. The Balaban J connectivity index is 1.51. The van der Waals surface area contributed by atoms with Crippen molar-refractivity contribution in [3.8, 4) is 11.5 Å². The van der Waals surface area contributed by atoms with Crippen molar-refractivity contribution in [2.45, 2.75) is 6.42 Å². The summed E-state index contributed by atoms with van der Waals surface area (Å²) in [4.78, 5) is 47.4. The Labute approximate surface area is 203 Å². The second-order valence-corrected chi connectivity index (χ2v) is 8.40. The summed E-state index contributed by atoms with van der Waals surface area (Å²) in [6.07, 6.45) is 2.09. The summed E-state index contributed by atoms with van der Waals surface area (Å²) in [5.74, 6) is -0.341. The van der Waals surface area contributed by atoms with E-state index in [0.717, 1.165) is 35.5 Å². The molecule has 3 aromatic carbocycles. The zero-order valence-corrected chi connectivity index (χ0v) is 18.8. The summed E-state index contributed by atoms with van der Waals surface area (Å²) in [6, 6.07) is 19.0. The topological polar surface area (TPSA) is 133 Å². The van der Waals surface area contributed by atoms with Crippen LogP contribution >= 0.6 is 11.8 Å². The number of carbonyl (C=O) groups is 2. The van der Waals surface area contributed by atoms with E-state index in [1.807, 2.05) is 30.3 Å². The van der Waals surface area contributed by atoms with Gasteiger partial charge >= 0.3 is 5.69 Å². The number of nitro groups is 2. The van der Waals surface area contributed by atoms with Gasteiger partial charge in [-0.25, -0.2) is 0 Å². The largest absolute Gasteiger partial charge is 0.450 e. The van der Waals surface area contributed by atoms with E-state index in [-0.39, 0.29) is 28.2 Å². The standard InChI is InChI=1S/C24H17N3O7S/c28-23-22(35-24(29)25(23)12-11-16-5-2-1-3-6-16)14-17-7-4-8-19(13-17)34-21-10-9-18(26(30)31)15-20(21)27(32)33/h1-10,13-15H,11-12H2/b22-14+. The van der Waals surface area contributed by atoms with Gasteiger partial charge in [0.1, 0.15) is 5.75 Å². The number of nitro benzene ring substituents is 2. The fourth-order valence-corrected chi connectivity index (χ4v) is 4.24. The number of carbonyl (C=O) groups excluding carboxylic acids is 2. The van der Waals surface area contributed by atoms with E-state index in [1.165, 1.54) is 4.90 Å². The molecule has 3 aromatic rings. The number of benzene rings is 3. The first kappa shape index (κ1) is 23.6. The summed E-state index contributed by atoms with van der Waals surface area (Å²) < 4.78 is 5.60. The molecule has 1 aliphatic heterocycles. The van der Waals surface area contributed by atoms with Gasteiger partial charge in [-0.2, -0.15) is 0 Å². The quantitative estimate of drug-likeness (QED) is 0.227. The lowest BCUT2D eigenvalue weighted by Crippen LogP contribution is -2.30. The van der Waals surface area contributed by atoms with Crippen LogP contribution in [-0.2, 0) is 11.2 Å². The molecule has 4 rings (SSSR count). The second-order valence-electron chi connectivity index (χ2n) is 7.41. The predicted molar refractivity (Wildman–Crippen MR) is 129 cm³/mol. The highest BCUT2D eigenvalue weighted by Gasteiger charge is 2.34. The average molecular weight is 491 g/mol. The molecule has 0 N–H and O–H groups in total. The molecular weight excluding hydrogens is 474 g/mol. The van der Waals surface area contributed by atoms with Gasteiger partial charge < -0.3 is 4.74 Å². The van der Waals surface area contributed by atoms with Crippen LogP contribution in [0.1, 0.15) is 11.1 Å². The SMILES string of the molecule is O=C1S/C(=C/c2cccc(Oc3ccc([N+](=O)[O-])cc3[N+](=O)[O-])c2)C(=O)N1CCc1ccccc1. The van der Waals surface area contributed by atoms with Crippen molar-refractivity contribution in [2.24, 2.45) is 0 Å². The monoisotopic (exact) mass is 491 g/mol. The van der Waals surface area contributed by atoms with E-state index in [0.29, 0.717) is 12.0 Å². The molecule has 0 saturated carbocycles. The Kier molecular flexibility index (Phi) is 6.88. The first-order chi connectivity index (χ1) is 16.8. The summed E-state index contributed by atoms with van der Waals surface area (Å²) >= 11 is 0.837. The van der Waals surface area contributed by atoms with Crippen molar-refractivity contribution in [1.82, 2.24) is 4.90 Å². The van der Waals surface area contributed by atoms with Crippen molar-refractivity contribution in [2.75, 3.05) is 6.54 Å².